The second-order valence-electron chi connectivity index (χ2n) is 5.75. The van der Waals surface area contributed by atoms with Gasteiger partial charge in [0.15, 0.2) is 19.0 Å². The van der Waals surface area contributed by atoms with Crippen molar-refractivity contribution in [3.8, 4) is 5.75 Å². The van der Waals surface area contributed by atoms with E-state index in [4.69, 9.17) is 9.47 Å². The van der Waals surface area contributed by atoms with Crippen LogP contribution in [0.25, 0.3) is 0 Å². The molecule has 1 amide bonds. The second-order valence-corrected chi connectivity index (χ2v) is 5.75. The first-order chi connectivity index (χ1) is 12.5. The van der Waals surface area contributed by atoms with Gasteiger partial charge in [-0.25, -0.2) is 9.18 Å². The van der Waals surface area contributed by atoms with Gasteiger partial charge in [0.2, 0.25) is 5.91 Å². The fourth-order valence-corrected chi connectivity index (χ4v) is 2.50. The lowest BCUT2D eigenvalue weighted by Gasteiger charge is -2.17. The molecule has 0 saturated carbocycles. The van der Waals surface area contributed by atoms with E-state index in [1.165, 1.54) is 12.1 Å². The maximum absolute atomic E-state index is 12.8. The number of ketones is 1. The normalized spacial score (nSPS) is 12.7. The zero-order valence-electron chi connectivity index (χ0n) is 13.8. The lowest BCUT2D eigenvalue weighted by atomic mass is 10.0. The van der Waals surface area contributed by atoms with E-state index in [1.807, 2.05) is 0 Å². The summed E-state index contributed by atoms with van der Waals surface area (Å²) in [6.07, 6.45) is 1.01. The Labute approximate surface area is 148 Å². The van der Waals surface area contributed by atoms with Crippen LogP contribution < -0.4 is 10.1 Å². The first-order valence-electron chi connectivity index (χ1n) is 8.01. The number of aryl methyl sites for hydroxylation is 1. The summed E-state index contributed by atoms with van der Waals surface area (Å²) in [4.78, 5) is 34.9. The zero-order chi connectivity index (χ0) is 18.5. The number of halogens is 1. The molecule has 2 aromatic carbocycles. The van der Waals surface area contributed by atoms with Crippen molar-refractivity contribution in [3.63, 3.8) is 0 Å². The third-order valence-corrected chi connectivity index (χ3v) is 3.86. The molecule has 1 aliphatic rings. The SMILES string of the molecule is O=C1CCc2cc(OCC(=O)OCC(=O)c3ccc(F)cc3)ccc2N1. The number of esters is 1. The van der Waals surface area contributed by atoms with Crippen molar-refractivity contribution in [2.75, 3.05) is 18.5 Å². The van der Waals surface area contributed by atoms with Gasteiger partial charge in [-0.1, -0.05) is 0 Å². The molecular formula is C19H16FNO5. The van der Waals surface area contributed by atoms with Crippen LogP contribution in [0.3, 0.4) is 0 Å². The summed E-state index contributed by atoms with van der Waals surface area (Å²) in [5, 5.41) is 2.76. The maximum atomic E-state index is 12.8. The molecule has 1 N–H and O–H groups in total. The number of hydrogen-bond donors (Lipinski definition) is 1. The van der Waals surface area contributed by atoms with Gasteiger partial charge in [0.1, 0.15) is 11.6 Å². The van der Waals surface area contributed by atoms with E-state index >= 15 is 0 Å². The number of amides is 1. The topological polar surface area (TPSA) is 81.7 Å². The first-order valence-corrected chi connectivity index (χ1v) is 8.01. The summed E-state index contributed by atoms with van der Waals surface area (Å²) in [5.74, 6) is -1.12. The predicted molar refractivity (Wildman–Crippen MR) is 90.6 cm³/mol. The molecule has 0 aliphatic carbocycles. The Hall–Kier alpha value is -3.22. The number of fused-ring (bicyclic) bond motifs is 1. The third-order valence-electron chi connectivity index (χ3n) is 3.86. The molecule has 1 aliphatic heterocycles. The third kappa shape index (κ3) is 4.44. The standard InChI is InChI=1S/C19H16FNO5/c20-14-4-1-12(2-5-14)17(22)10-26-19(24)11-25-15-6-7-16-13(9-15)3-8-18(23)21-16/h1-2,4-7,9H,3,8,10-11H2,(H,21,23). The van der Waals surface area contributed by atoms with E-state index in [9.17, 15) is 18.8 Å². The quantitative estimate of drug-likeness (QED) is 0.635. The van der Waals surface area contributed by atoms with Gasteiger partial charge in [0.05, 0.1) is 0 Å². The molecule has 0 spiro atoms. The van der Waals surface area contributed by atoms with Crippen molar-refractivity contribution in [1.82, 2.24) is 0 Å². The highest BCUT2D eigenvalue weighted by atomic mass is 19.1. The predicted octanol–water partition coefficient (Wildman–Crippen LogP) is 2.52. The molecular weight excluding hydrogens is 341 g/mol. The lowest BCUT2D eigenvalue weighted by Crippen LogP contribution is -2.20. The van der Waals surface area contributed by atoms with E-state index in [1.54, 1.807) is 18.2 Å². The summed E-state index contributed by atoms with van der Waals surface area (Å²) in [7, 11) is 0. The largest absolute Gasteiger partial charge is 0.482 e. The minimum Gasteiger partial charge on any atom is -0.482 e. The van der Waals surface area contributed by atoms with Gasteiger partial charge in [0.25, 0.3) is 0 Å². The van der Waals surface area contributed by atoms with Crippen molar-refractivity contribution in [3.05, 3.63) is 59.4 Å². The Morgan fingerprint density at radius 3 is 2.58 bits per heavy atom. The van der Waals surface area contributed by atoms with Crippen molar-refractivity contribution in [1.29, 1.82) is 0 Å². The minimum atomic E-state index is -0.688. The molecule has 26 heavy (non-hydrogen) atoms. The molecule has 1 heterocycles. The van der Waals surface area contributed by atoms with Crippen molar-refractivity contribution in [2.24, 2.45) is 0 Å². The van der Waals surface area contributed by atoms with Crippen LogP contribution in [-0.4, -0.2) is 30.9 Å². The number of hydrogen-bond acceptors (Lipinski definition) is 5. The molecule has 134 valence electrons. The Morgan fingerprint density at radius 1 is 1.04 bits per heavy atom. The molecule has 3 rings (SSSR count). The molecule has 0 unspecified atom stereocenters. The fraction of sp³-hybridized carbons (Fsp3) is 0.211. The Morgan fingerprint density at radius 2 is 1.81 bits per heavy atom. The van der Waals surface area contributed by atoms with Gasteiger partial charge in [-0.15, -0.1) is 0 Å². The van der Waals surface area contributed by atoms with E-state index in [0.29, 0.717) is 18.6 Å². The smallest absolute Gasteiger partial charge is 0.344 e. The number of ether oxygens (including phenoxy) is 2. The summed E-state index contributed by atoms with van der Waals surface area (Å²) >= 11 is 0. The van der Waals surface area contributed by atoms with Crippen LogP contribution in [0.15, 0.2) is 42.5 Å². The molecule has 0 aromatic heterocycles. The van der Waals surface area contributed by atoms with Gasteiger partial charge in [-0.3, -0.25) is 9.59 Å². The van der Waals surface area contributed by atoms with Crippen LogP contribution in [0.1, 0.15) is 22.3 Å². The van der Waals surface area contributed by atoms with Crippen molar-refractivity contribution in [2.45, 2.75) is 12.8 Å². The Bertz CT molecular complexity index is 848. The van der Waals surface area contributed by atoms with E-state index < -0.39 is 24.2 Å². The first kappa shape index (κ1) is 17.6. The van der Waals surface area contributed by atoms with Gasteiger partial charge in [-0.2, -0.15) is 0 Å². The number of rotatable bonds is 6. The molecule has 0 atom stereocenters. The average molecular weight is 357 g/mol. The monoisotopic (exact) mass is 357 g/mol. The highest BCUT2D eigenvalue weighted by Crippen LogP contribution is 2.26. The Balaban J connectivity index is 1.47. The summed E-state index contributed by atoms with van der Waals surface area (Å²) in [6, 6.07) is 10.1. The zero-order valence-corrected chi connectivity index (χ0v) is 13.8. The van der Waals surface area contributed by atoms with Gasteiger partial charge in [-0.05, 0) is 54.4 Å². The van der Waals surface area contributed by atoms with Crippen LogP contribution in [0.4, 0.5) is 10.1 Å². The molecule has 7 heteroatoms. The van der Waals surface area contributed by atoms with Crippen LogP contribution in [0.5, 0.6) is 5.75 Å². The van der Waals surface area contributed by atoms with Crippen LogP contribution >= 0.6 is 0 Å². The average Bonchev–Trinajstić information content (AvgIpc) is 2.65. The number of carbonyl (C=O) groups is 3. The summed E-state index contributed by atoms with van der Waals surface area (Å²) in [6.45, 7) is -0.786. The van der Waals surface area contributed by atoms with Crippen molar-refractivity contribution < 1.29 is 28.2 Å². The molecule has 0 fully saturated rings. The fourth-order valence-electron chi connectivity index (χ4n) is 2.50. The van der Waals surface area contributed by atoms with E-state index in [-0.39, 0.29) is 18.1 Å². The minimum absolute atomic E-state index is 0.0273. The molecule has 0 bridgehead atoms. The molecule has 2 aromatic rings. The number of benzene rings is 2. The van der Waals surface area contributed by atoms with Gasteiger partial charge >= 0.3 is 5.97 Å². The van der Waals surface area contributed by atoms with E-state index in [0.717, 1.165) is 23.4 Å². The highest BCUT2D eigenvalue weighted by molar-refractivity contribution is 5.98. The van der Waals surface area contributed by atoms with Gasteiger partial charge in [0, 0.05) is 17.7 Å². The Kier molecular flexibility index (Phi) is 5.26. The van der Waals surface area contributed by atoms with Crippen LogP contribution in [0, 0.1) is 5.82 Å². The number of anilines is 1. The van der Waals surface area contributed by atoms with E-state index in [2.05, 4.69) is 5.32 Å². The van der Waals surface area contributed by atoms with Crippen LogP contribution in [0.2, 0.25) is 0 Å². The van der Waals surface area contributed by atoms with Crippen LogP contribution in [-0.2, 0) is 20.7 Å². The molecule has 6 nitrogen and oxygen atoms in total. The second kappa shape index (κ2) is 7.77. The molecule has 0 radical (unpaired) electrons. The summed E-state index contributed by atoms with van der Waals surface area (Å²) < 4.78 is 23.1. The molecule has 0 saturated heterocycles. The lowest BCUT2D eigenvalue weighted by molar-refractivity contribution is -0.144. The number of nitrogens with one attached hydrogen (secondary N) is 1. The van der Waals surface area contributed by atoms with Gasteiger partial charge < -0.3 is 14.8 Å². The maximum Gasteiger partial charge on any atom is 0.344 e. The number of carbonyl (C=O) groups excluding carboxylic acids is 3. The highest BCUT2D eigenvalue weighted by Gasteiger charge is 2.16. The number of Topliss-reactive ketones (excluding diaryl/α,β-unsaturated/α-hetero) is 1. The summed E-state index contributed by atoms with van der Waals surface area (Å²) in [5.41, 5.74) is 1.93. The van der Waals surface area contributed by atoms with Crippen molar-refractivity contribution >= 4 is 23.3 Å².